The Bertz CT molecular complexity index is 944. The number of primary sulfonamides is 1. The molecular formula is C19H22N2O4S. The third-order valence-electron chi connectivity index (χ3n) is 3.38. The molecule has 0 unspecified atom stereocenters. The van der Waals surface area contributed by atoms with Crippen LogP contribution in [0.4, 0.5) is 0 Å². The average Bonchev–Trinajstić information content (AvgIpc) is 2.96. The maximum Gasteiger partial charge on any atom is 0.238 e. The molecule has 26 heavy (non-hydrogen) atoms. The molecular weight excluding hydrogens is 352 g/mol. The summed E-state index contributed by atoms with van der Waals surface area (Å²) in [7, 11) is -3.70. The van der Waals surface area contributed by atoms with Gasteiger partial charge in [-0.25, -0.2) is 13.6 Å². The topological polar surface area (TPSA) is 106 Å². The normalized spacial score (nSPS) is 11.2. The van der Waals surface area contributed by atoms with Crippen LogP contribution in [0.5, 0.6) is 0 Å². The zero-order valence-corrected chi connectivity index (χ0v) is 15.7. The molecule has 0 aliphatic rings. The van der Waals surface area contributed by atoms with E-state index in [1.165, 1.54) is 12.1 Å². The molecule has 0 bridgehead atoms. The molecule has 0 aliphatic carbocycles. The molecule has 0 saturated carbocycles. The minimum absolute atomic E-state index is 0.0756. The van der Waals surface area contributed by atoms with E-state index in [-0.39, 0.29) is 11.0 Å². The maximum atomic E-state index is 11.3. The van der Waals surface area contributed by atoms with Crippen molar-refractivity contribution in [3.05, 3.63) is 60.4 Å². The van der Waals surface area contributed by atoms with Gasteiger partial charge in [-0.15, -0.1) is 0 Å². The van der Waals surface area contributed by atoms with Gasteiger partial charge in [0.2, 0.25) is 10.0 Å². The smallest absolute Gasteiger partial charge is 0.238 e. The molecule has 3 aromatic rings. The summed E-state index contributed by atoms with van der Waals surface area (Å²) in [5.74, 6) is 0.669. The van der Waals surface area contributed by atoms with Crippen LogP contribution in [0.3, 0.4) is 0 Å². The van der Waals surface area contributed by atoms with Crippen LogP contribution >= 0.6 is 0 Å². The zero-order chi connectivity index (χ0) is 19.3. The van der Waals surface area contributed by atoms with Gasteiger partial charge in [-0.3, -0.25) is 0 Å². The first-order valence-corrected chi connectivity index (χ1v) is 9.57. The largest absolute Gasteiger partial charge is 0.394 e. The molecule has 6 nitrogen and oxygen atoms in total. The minimum atomic E-state index is -3.70. The van der Waals surface area contributed by atoms with Crippen molar-refractivity contribution in [2.75, 3.05) is 0 Å². The van der Waals surface area contributed by atoms with Crippen LogP contribution in [-0.2, 0) is 10.0 Å². The van der Waals surface area contributed by atoms with E-state index < -0.39 is 10.0 Å². The summed E-state index contributed by atoms with van der Waals surface area (Å²) in [4.78, 5) is 0.0756. The molecule has 3 rings (SSSR count). The van der Waals surface area contributed by atoms with Crippen molar-refractivity contribution >= 4 is 10.0 Å². The molecule has 1 aromatic heterocycles. The van der Waals surface area contributed by atoms with E-state index in [4.69, 9.17) is 14.8 Å². The molecule has 0 atom stereocenters. The van der Waals surface area contributed by atoms with Crippen LogP contribution in [0.2, 0.25) is 0 Å². The Morgan fingerprint density at radius 3 is 2.04 bits per heavy atom. The summed E-state index contributed by atoms with van der Waals surface area (Å²) in [6, 6.07) is 16.0. The summed E-state index contributed by atoms with van der Waals surface area (Å²) in [5.41, 5.74) is 3.32. The van der Waals surface area contributed by atoms with Crippen molar-refractivity contribution in [1.82, 2.24) is 5.16 Å². The van der Waals surface area contributed by atoms with Crippen molar-refractivity contribution in [2.45, 2.75) is 31.8 Å². The molecule has 0 amide bonds. The van der Waals surface area contributed by atoms with Gasteiger partial charge in [0, 0.05) is 11.7 Å². The van der Waals surface area contributed by atoms with Crippen molar-refractivity contribution in [1.29, 1.82) is 0 Å². The zero-order valence-electron chi connectivity index (χ0n) is 14.9. The van der Waals surface area contributed by atoms with E-state index in [1.807, 2.05) is 37.3 Å². The van der Waals surface area contributed by atoms with E-state index in [1.54, 1.807) is 26.0 Å². The molecule has 138 valence electrons. The van der Waals surface area contributed by atoms with Crippen molar-refractivity contribution in [3.63, 3.8) is 0 Å². The highest BCUT2D eigenvalue weighted by Gasteiger charge is 2.17. The molecule has 0 spiro atoms. The Labute approximate surface area is 153 Å². The van der Waals surface area contributed by atoms with Crippen molar-refractivity contribution < 1.29 is 18.0 Å². The second kappa shape index (κ2) is 8.27. The summed E-state index contributed by atoms with van der Waals surface area (Å²) in [5, 5.41) is 17.3. The third kappa shape index (κ3) is 5.01. The van der Waals surface area contributed by atoms with Crippen LogP contribution in [-0.4, -0.2) is 24.8 Å². The number of aryl methyl sites for hydroxylation is 1. The monoisotopic (exact) mass is 374 g/mol. The predicted molar refractivity (Wildman–Crippen MR) is 101 cm³/mol. The van der Waals surface area contributed by atoms with Crippen LogP contribution < -0.4 is 5.14 Å². The molecule has 3 N–H and O–H groups in total. The van der Waals surface area contributed by atoms with Crippen LogP contribution in [0.15, 0.2) is 64.0 Å². The fourth-order valence-electron chi connectivity index (χ4n) is 2.32. The number of nitrogens with zero attached hydrogens (tertiary/aromatic N) is 1. The van der Waals surface area contributed by atoms with E-state index in [2.05, 4.69) is 5.16 Å². The van der Waals surface area contributed by atoms with Crippen molar-refractivity contribution in [2.24, 2.45) is 5.14 Å². The molecule has 0 radical (unpaired) electrons. The summed E-state index contributed by atoms with van der Waals surface area (Å²) in [6.07, 6.45) is -0.167. The number of rotatable bonds is 3. The van der Waals surface area contributed by atoms with Gasteiger partial charge in [0.25, 0.3) is 0 Å². The van der Waals surface area contributed by atoms with E-state index in [0.29, 0.717) is 5.76 Å². The molecule has 7 heteroatoms. The predicted octanol–water partition coefficient (Wildman–Crippen LogP) is 3.35. The second-order valence-corrected chi connectivity index (χ2v) is 7.55. The number of benzene rings is 2. The average molecular weight is 374 g/mol. The Morgan fingerprint density at radius 2 is 1.54 bits per heavy atom. The van der Waals surface area contributed by atoms with Gasteiger partial charge in [0.05, 0.1) is 10.5 Å². The Hall–Kier alpha value is -2.48. The second-order valence-electron chi connectivity index (χ2n) is 5.99. The molecule has 0 aliphatic heterocycles. The van der Waals surface area contributed by atoms with Gasteiger partial charge in [-0.05, 0) is 38.5 Å². The van der Waals surface area contributed by atoms with E-state index in [9.17, 15) is 8.42 Å². The van der Waals surface area contributed by atoms with Crippen LogP contribution in [0.25, 0.3) is 22.4 Å². The van der Waals surface area contributed by atoms with E-state index in [0.717, 1.165) is 22.4 Å². The highest BCUT2D eigenvalue weighted by atomic mass is 32.2. The lowest BCUT2D eigenvalue weighted by Gasteiger charge is -2.04. The van der Waals surface area contributed by atoms with Gasteiger partial charge in [-0.1, -0.05) is 47.6 Å². The summed E-state index contributed by atoms with van der Waals surface area (Å²) >= 11 is 0. The highest BCUT2D eigenvalue weighted by molar-refractivity contribution is 7.89. The summed E-state index contributed by atoms with van der Waals surface area (Å²) < 4.78 is 28.0. The number of aliphatic hydroxyl groups excluding tert-OH is 1. The fourth-order valence-corrected chi connectivity index (χ4v) is 2.83. The van der Waals surface area contributed by atoms with Gasteiger partial charge in [0.1, 0.15) is 11.5 Å². The van der Waals surface area contributed by atoms with Gasteiger partial charge >= 0.3 is 0 Å². The number of aliphatic hydroxyl groups is 1. The van der Waals surface area contributed by atoms with Gasteiger partial charge in [-0.2, -0.15) is 0 Å². The molecule has 2 aromatic carbocycles. The number of sulfonamides is 1. The van der Waals surface area contributed by atoms with E-state index >= 15 is 0 Å². The lowest BCUT2D eigenvalue weighted by atomic mass is 10.00. The number of aromatic nitrogens is 1. The van der Waals surface area contributed by atoms with Crippen LogP contribution in [0, 0.1) is 6.92 Å². The Kier molecular flexibility index (Phi) is 6.31. The van der Waals surface area contributed by atoms with Gasteiger partial charge in [0.15, 0.2) is 0 Å². The lowest BCUT2D eigenvalue weighted by Crippen LogP contribution is -2.11. The minimum Gasteiger partial charge on any atom is -0.394 e. The fraction of sp³-hybridized carbons (Fsp3) is 0.211. The highest BCUT2D eigenvalue weighted by Crippen LogP contribution is 2.34. The molecule has 1 heterocycles. The standard InChI is InChI=1S/C16H14N2O3S.C3H8O/c1-11-15(12-7-9-14(10-8-12)22(17,19)20)16(18-21-11)13-5-3-2-4-6-13;1-3(2)4/h2-10H,1H3,(H2,17,19,20);3-4H,1-2H3. The first-order chi connectivity index (χ1) is 12.2. The Morgan fingerprint density at radius 1 is 1.00 bits per heavy atom. The number of nitrogens with two attached hydrogens (primary N) is 1. The van der Waals surface area contributed by atoms with Crippen molar-refractivity contribution in [3.8, 4) is 22.4 Å². The SMILES string of the molecule is CC(C)O.Cc1onc(-c2ccccc2)c1-c1ccc(S(N)(=O)=O)cc1. The first-order valence-electron chi connectivity index (χ1n) is 8.03. The number of hydrogen-bond acceptors (Lipinski definition) is 5. The quantitative estimate of drug-likeness (QED) is 0.731. The number of hydrogen-bond donors (Lipinski definition) is 2. The summed E-state index contributed by atoms with van der Waals surface area (Å²) in [6.45, 7) is 5.27. The van der Waals surface area contributed by atoms with Crippen LogP contribution in [0.1, 0.15) is 19.6 Å². The molecule has 0 fully saturated rings. The Balaban J connectivity index is 0.000000552. The first kappa shape index (κ1) is 19.8. The molecule has 0 saturated heterocycles. The van der Waals surface area contributed by atoms with Gasteiger partial charge < -0.3 is 9.63 Å². The lowest BCUT2D eigenvalue weighted by molar-refractivity contribution is 0.216. The third-order valence-corrected chi connectivity index (χ3v) is 4.31. The maximum absolute atomic E-state index is 11.3.